The summed E-state index contributed by atoms with van der Waals surface area (Å²) in [4.78, 5) is 29.7. The van der Waals surface area contributed by atoms with Gasteiger partial charge in [0.25, 0.3) is 0 Å². The largest absolute Gasteiger partial charge is 0.464 e. The molecule has 34 heavy (non-hydrogen) atoms. The van der Waals surface area contributed by atoms with Crippen LogP contribution in [0.4, 0.5) is 0 Å². The molecule has 1 aliphatic carbocycles. The van der Waals surface area contributed by atoms with Gasteiger partial charge >= 0.3 is 0 Å². The van der Waals surface area contributed by atoms with Crippen molar-refractivity contribution in [1.29, 1.82) is 0 Å². The number of benzene rings is 1. The summed E-state index contributed by atoms with van der Waals surface area (Å²) in [6, 6.07) is 9.44. The topological polar surface area (TPSA) is 72.2 Å². The second-order valence-corrected chi connectivity index (χ2v) is 9.20. The standard InChI is InChI=1S/C27H34N2O5/c1-3-14-28(26(30)13-10-21-6-4-5-7-21)18-27(31)29(17-23-11-8-20(2)34-23)16-22-9-12-24-25(15-22)33-19-32-24/h3,8-9,11-12,15,21H,1,4-7,10,13-14,16-19H2,2H3. The van der Waals surface area contributed by atoms with Crippen LogP contribution in [0.15, 0.2) is 47.4 Å². The molecule has 2 aromatic rings. The number of carbonyl (C=O) groups excluding carboxylic acids is 2. The van der Waals surface area contributed by atoms with E-state index in [0.717, 1.165) is 17.7 Å². The molecule has 1 aliphatic heterocycles. The molecule has 2 heterocycles. The molecule has 0 spiro atoms. The Hall–Kier alpha value is -3.22. The van der Waals surface area contributed by atoms with E-state index in [4.69, 9.17) is 13.9 Å². The van der Waals surface area contributed by atoms with E-state index in [1.807, 2.05) is 37.3 Å². The van der Waals surface area contributed by atoms with Gasteiger partial charge in [-0.2, -0.15) is 0 Å². The van der Waals surface area contributed by atoms with Crippen molar-refractivity contribution in [2.24, 2.45) is 5.92 Å². The molecule has 7 nitrogen and oxygen atoms in total. The van der Waals surface area contributed by atoms with Gasteiger partial charge in [0.2, 0.25) is 18.6 Å². The minimum absolute atomic E-state index is 0.0111. The third kappa shape index (κ3) is 6.22. The summed E-state index contributed by atoms with van der Waals surface area (Å²) in [5.41, 5.74) is 0.920. The van der Waals surface area contributed by atoms with Crippen molar-refractivity contribution in [3.05, 3.63) is 60.1 Å². The van der Waals surface area contributed by atoms with Gasteiger partial charge in [-0.05, 0) is 49.1 Å². The predicted octanol–water partition coefficient (Wildman–Crippen LogP) is 4.83. The molecule has 1 saturated carbocycles. The molecule has 0 bridgehead atoms. The highest BCUT2D eigenvalue weighted by Crippen LogP contribution is 2.33. The van der Waals surface area contributed by atoms with Gasteiger partial charge < -0.3 is 23.7 Å². The van der Waals surface area contributed by atoms with E-state index in [1.54, 1.807) is 15.9 Å². The van der Waals surface area contributed by atoms with Crippen LogP contribution >= 0.6 is 0 Å². The maximum Gasteiger partial charge on any atom is 0.242 e. The Morgan fingerprint density at radius 3 is 2.56 bits per heavy atom. The number of hydrogen-bond donors (Lipinski definition) is 0. The summed E-state index contributed by atoms with van der Waals surface area (Å²) < 4.78 is 16.6. The Bertz CT molecular complexity index is 1010. The summed E-state index contributed by atoms with van der Waals surface area (Å²) in [5.74, 6) is 3.38. The average Bonchev–Trinajstić information content (AvgIpc) is 3.59. The smallest absolute Gasteiger partial charge is 0.242 e. The number of nitrogens with zero attached hydrogens (tertiary/aromatic N) is 2. The van der Waals surface area contributed by atoms with Crippen LogP contribution in [0.2, 0.25) is 0 Å². The lowest BCUT2D eigenvalue weighted by molar-refractivity contribution is -0.141. The lowest BCUT2D eigenvalue weighted by Gasteiger charge is -2.27. The van der Waals surface area contributed by atoms with E-state index in [1.165, 1.54) is 25.7 Å². The molecule has 1 fully saturated rings. The number of furan rings is 1. The van der Waals surface area contributed by atoms with Gasteiger partial charge in [0.15, 0.2) is 11.5 Å². The maximum atomic E-state index is 13.4. The number of fused-ring (bicyclic) bond motifs is 1. The number of amides is 2. The van der Waals surface area contributed by atoms with Crippen molar-refractivity contribution >= 4 is 11.8 Å². The van der Waals surface area contributed by atoms with Crippen LogP contribution in [0.1, 0.15) is 55.6 Å². The Morgan fingerprint density at radius 1 is 1.03 bits per heavy atom. The Kier molecular flexibility index (Phi) is 7.93. The quantitative estimate of drug-likeness (QED) is 0.444. The lowest BCUT2D eigenvalue weighted by Crippen LogP contribution is -2.42. The van der Waals surface area contributed by atoms with Crippen LogP contribution < -0.4 is 9.47 Å². The van der Waals surface area contributed by atoms with Gasteiger partial charge in [-0.3, -0.25) is 9.59 Å². The average molecular weight is 467 g/mol. The van der Waals surface area contributed by atoms with E-state index in [0.29, 0.717) is 49.2 Å². The molecule has 4 rings (SSSR count). The molecule has 7 heteroatoms. The molecule has 0 saturated heterocycles. The van der Waals surface area contributed by atoms with Crippen molar-refractivity contribution < 1.29 is 23.5 Å². The van der Waals surface area contributed by atoms with E-state index >= 15 is 0 Å². The zero-order chi connectivity index (χ0) is 23.9. The monoisotopic (exact) mass is 466 g/mol. The Balaban J connectivity index is 1.44. The minimum Gasteiger partial charge on any atom is -0.464 e. The summed E-state index contributed by atoms with van der Waals surface area (Å²) >= 11 is 0. The van der Waals surface area contributed by atoms with Crippen LogP contribution in [0.25, 0.3) is 0 Å². The molecule has 0 atom stereocenters. The number of hydrogen-bond acceptors (Lipinski definition) is 5. The highest BCUT2D eigenvalue weighted by Gasteiger charge is 2.24. The fraction of sp³-hybridized carbons (Fsp3) is 0.481. The number of aryl methyl sites for hydroxylation is 1. The van der Waals surface area contributed by atoms with Crippen molar-refractivity contribution in [1.82, 2.24) is 9.80 Å². The third-order valence-electron chi connectivity index (χ3n) is 6.58. The molecular weight excluding hydrogens is 432 g/mol. The first-order valence-electron chi connectivity index (χ1n) is 12.1. The predicted molar refractivity (Wildman–Crippen MR) is 128 cm³/mol. The molecular formula is C27H34N2O5. The Morgan fingerprint density at radius 2 is 1.82 bits per heavy atom. The number of ether oxygens (including phenoxy) is 2. The van der Waals surface area contributed by atoms with E-state index in [2.05, 4.69) is 6.58 Å². The van der Waals surface area contributed by atoms with Crippen LogP contribution in [-0.2, 0) is 22.7 Å². The van der Waals surface area contributed by atoms with Crippen molar-refractivity contribution in [3.8, 4) is 11.5 Å². The highest BCUT2D eigenvalue weighted by atomic mass is 16.7. The molecule has 2 amide bonds. The van der Waals surface area contributed by atoms with Gasteiger partial charge in [-0.15, -0.1) is 6.58 Å². The van der Waals surface area contributed by atoms with E-state index in [9.17, 15) is 9.59 Å². The van der Waals surface area contributed by atoms with Crippen LogP contribution in [0, 0.1) is 12.8 Å². The summed E-state index contributed by atoms with van der Waals surface area (Å²) in [5, 5.41) is 0. The molecule has 2 aliphatic rings. The minimum atomic E-state index is -0.136. The van der Waals surface area contributed by atoms with Crippen LogP contribution in [0.3, 0.4) is 0 Å². The van der Waals surface area contributed by atoms with Gasteiger partial charge in [0.1, 0.15) is 18.1 Å². The number of carbonyl (C=O) groups is 2. The second kappa shape index (κ2) is 11.3. The first-order valence-corrected chi connectivity index (χ1v) is 12.1. The second-order valence-electron chi connectivity index (χ2n) is 9.20. The summed E-state index contributed by atoms with van der Waals surface area (Å²) in [7, 11) is 0. The zero-order valence-electron chi connectivity index (χ0n) is 20.0. The molecule has 0 radical (unpaired) electrons. The molecule has 182 valence electrons. The first-order chi connectivity index (χ1) is 16.5. The third-order valence-corrected chi connectivity index (χ3v) is 6.58. The lowest BCUT2D eigenvalue weighted by atomic mass is 10.0. The van der Waals surface area contributed by atoms with Gasteiger partial charge in [-0.1, -0.05) is 37.8 Å². The summed E-state index contributed by atoms with van der Waals surface area (Å²) in [6.07, 6.45) is 7.99. The highest BCUT2D eigenvalue weighted by molar-refractivity contribution is 5.85. The van der Waals surface area contributed by atoms with Gasteiger partial charge in [0.05, 0.1) is 6.54 Å². The van der Waals surface area contributed by atoms with Crippen molar-refractivity contribution in [2.75, 3.05) is 19.9 Å². The molecule has 0 unspecified atom stereocenters. The van der Waals surface area contributed by atoms with Crippen molar-refractivity contribution in [3.63, 3.8) is 0 Å². The Labute approximate surface area is 201 Å². The molecule has 1 aromatic carbocycles. The number of rotatable bonds is 11. The van der Waals surface area contributed by atoms with E-state index < -0.39 is 0 Å². The van der Waals surface area contributed by atoms with Crippen LogP contribution in [0.5, 0.6) is 11.5 Å². The van der Waals surface area contributed by atoms with Crippen molar-refractivity contribution in [2.45, 2.75) is 58.5 Å². The summed E-state index contributed by atoms with van der Waals surface area (Å²) in [6.45, 7) is 6.92. The SMILES string of the molecule is C=CCN(CC(=O)N(Cc1ccc2c(c1)OCO2)Cc1ccc(C)o1)C(=O)CCC1CCCC1. The normalized spacial score (nSPS) is 14.9. The molecule has 0 N–H and O–H groups in total. The van der Waals surface area contributed by atoms with Crippen LogP contribution in [-0.4, -0.2) is 41.5 Å². The van der Waals surface area contributed by atoms with E-state index in [-0.39, 0.29) is 25.2 Å². The fourth-order valence-electron chi connectivity index (χ4n) is 4.71. The maximum absolute atomic E-state index is 13.4. The first kappa shape index (κ1) is 23.9. The zero-order valence-corrected chi connectivity index (χ0v) is 20.0. The van der Waals surface area contributed by atoms with Gasteiger partial charge in [0, 0.05) is 19.5 Å². The van der Waals surface area contributed by atoms with Gasteiger partial charge in [-0.25, -0.2) is 0 Å². The molecule has 1 aromatic heterocycles. The fourth-order valence-corrected chi connectivity index (χ4v) is 4.71.